The molecule has 0 fully saturated rings. The van der Waals surface area contributed by atoms with Crippen LogP contribution in [0.4, 0.5) is 14.3 Å². The number of hydrogen-bond acceptors (Lipinski definition) is 7. The van der Waals surface area contributed by atoms with E-state index in [1.807, 2.05) is 12.1 Å². The fourth-order valence-electron chi connectivity index (χ4n) is 3.90. The smallest absolute Gasteiger partial charge is 0.413 e. The van der Waals surface area contributed by atoms with E-state index in [0.29, 0.717) is 29.2 Å². The van der Waals surface area contributed by atoms with Gasteiger partial charge in [-0.1, -0.05) is 17.4 Å². The van der Waals surface area contributed by atoms with Crippen LogP contribution in [0, 0.1) is 5.82 Å². The van der Waals surface area contributed by atoms with Crippen molar-refractivity contribution in [1.29, 1.82) is 0 Å². The monoisotopic (exact) mass is 462 g/mol. The Labute approximate surface area is 192 Å². The lowest BCUT2D eigenvalue weighted by atomic mass is 9.95. The first-order valence-corrected chi connectivity index (χ1v) is 11.0. The molecule has 1 aliphatic carbocycles. The lowest BCUT2D eigenvalue weighted by Crippen LogP contribution is -2.10. The lowest BCUT2D eigenvalue weighted by molar-refractivity contribution is 0.187. The second-order valence-electron chi connectivity index (χ2n) is 7.34. The quantitative estimate of drug-likeness (QED) is 0.450. The third-order valence-electron chi connectivity index (χ3n) is 5.32. The standard InChI is InChI=1S/C23H19FN6O2S/c1-25-11-13-5-8-18(16(24)10-13)30-20-15(19(29-30)14-4-3-9-26-12-14)6-7-17-21(20)33-22(27-17)28-23(31)32-2/h3-5,8-12H,6-7H2,1-2H3,(H,27,28,31). The fourth-order valence-corrected chi connectivity index (χ4v) is 4.95. The van der Waals surface area contributed by atoms with Gasteiger partial charge in [0.1, 0.15) is 11.5 Å². The van der Waals surface area contributed by atoms with Crippen LogP contribution in [0.5, 0.6) is 0 Å². The molecule has 0 saturated heterocycles. The van der Waals surface area contributed by atoms with E-state index in [1.54, 1.807) is 42.5 Å². The first-order valence-electron chi connectivity index (χ1n) is 10.2. The van der Waals surface area contributed by atoms with Gasteiger partial charge in [0.25, 0.3) is 0 Å². The van der Waals surface area contributed by atoms with Crippen molar-refractivity contribution in [2.45, 2.75) is 12.8 Å². The Morgan fingerprint density at radius 3 is 2.94 bits per heavy atom. The molecule has 0 saturated carbocycles. The molecular weight excluding hydrogens is 443 g/mol. The number of benzene rings is 1. The van der Waals surface area contributed by atoms with Gasteiger partial charge < -0.3 is 4.74 Å². The Hall–Kier alpha value is -3.92. The number of carbonyl (C=O) groups is 1. The topological polar surface area (TPSA) is 94.3 Å². The maximum absolute atomic E-state index is 15.2. The van der Waals surface area contributed by atoms with Crippen LogP contribution in [-0.4, -0.2) is 46.2 Å². The Morgan fingerprint density at radius 1 is 1.33 bits per heavy atom. The number of fused-ring (bicyclic) bond motifs is 3. The predicted octanol–water partition coefficient (Wildman–Crippen LogP) is 4.52. The molecule has 166 valence electrons. The summed E-state index contributed by atoms with van der Waals surface area (Å²) in [7, 11) is 2.94. The van der Waals surface area contributed by atoms with E-state index < -0.39 is 11.9 Å². The van der Waals surface area contributed by atoms with Crippen LogP contribution < -0.4 is 5.32 Å². The normalized spacial score (nSPS) is 12.5. The molecule has 3 heterocycles. The highest BCUT2D eigenvalue weighted by atomic mass is 32.1. The van der Waals surface area contributed by atoms with Crippen molar-refractivity contribution < 1.29 is 13.9 Å². The lowest BCUT2D eigenvalue weighted by Gasteiger charge is -2.14. The molecule has 1 N–H and O–H groups in total. The van der Waals surface area contributed by atoms with E-state index >= 15 is 4.39 Å². The van der Waals surface area contributed by atoms with E-state index in [4.69, 9.17) is 5.10 Å². The zero-order valence-corrected chi connectivity index (χ0v) is 18.7. The van der Waals surface area contributed by atoms with Gasteiger partial charge in [-0.3, -0.25) is 15.3 Å². The number of rotatable bonds is 4. The molecule has 33 heavy (non-hydrogen) atoms. The summed E-state index contributed by atoms with van der Waals surface area (Å²) in [5.41, 5.74) is 5.16. The van der Waals surface area contributed by atoms with E-state index in [1.165, 1.54) is 24.5 Å². The van der Waals surface area contributed by atoms with E-state index in [9.17, 15) is 4.79 Å². The summed E-state index contributed by atoms with van der Waals surface area (Å²) in [6.45, 7) is 0. The predicted molar refractivity (Wildman–Crippen MR) is 125 cm³/mol. The molecule has 1 aromatic carbocycles. The van der Waals surface area contributed by atoms with Crippen LogP contribution in [0.25, 0.3) is 27.5 Å². The number of anilines is 1. The summed E-state index contributed by atoms with van der Waals surface area (Å²) in [4.78, 5) is 25.3. The zero-order valence-electron chi connectivity index (χ0n) is 17.9. The summed E-state index contributed by atoms with van der Waals surface area (Å²) >= 11 is 1.31. The second-order valence-corrected chi connectivity index (χ2v) is 8.34. The van der Waals surface area contributed by atoms with Gasteiger partial charge in [0, 0.05) is 36.8 Å². The number of ether oxygens (including phenoxy) is 1. The third kappa shape index (κ3) is 3.78. The van der Waals surface area contributed by atoms with Crippen molar-refractivity contribution >= 4 is 28.8 Å². The Morgan fingerprint density at radius 2 is 2.21 bits per heavy atom. The molecule has 0 radical (unpaired) electrons. The number of amides is 1. The highest BCUT2D eigenvalue weighted by Gasteiger charge is 2.30. The zero-order chi connectivity index (χ0) is 22.9. The molecule has 0 aliphatic heterocycles. The molecule has 10 heteroatoms. The highest BCUT2D eigenvalue weighted by molar-refractivity contribution is 7.19. The van der Waals surface area contributed by atoms with Crippen LogP contribution in [0.3, 0.4) is 0 Å². The first kappa shape index (κ1) is 21.0. The average molecular weight is 463 g/mol. The summed E-state index contributed by atoms with van der Waals surface area (Å²) < 4.78 is 21.5. The van der Waals surface area contributed by atoms with Crippen LogP contribution in [0.15, 0.2) is 47.7 Å². The SMILES string of the molecule is CN=Cc1ccc(-n2nc(-c3cccnc3)c3c2-c2sc(NC(=O)OC)nc2CC3)c(F)c1. The van der Waals surface area contributed by atoms with Crippen molar-refractivity contribution in [3.63, 3.8) is 0 Å². The van der Waals surface area contributed by atoms with Gasteiger partial charge in [0.05, 0.1) is 29.1 Å². The Balaban J connectivity index is 1.71. The van der Waals surface area contributed by atoms with E-state index in [0.717, 1.165) is 33.1 Å². The minimum absolute atomic E-state index is 0.318. The number of carbonyl (C=O) groups excluding carboxylic acids is 1. The maximum Gasteiger partial charge on any atom is 0.413 e. The van der Waals surface area contributed by atoms with Crippen LogP contribution in [-0.2, 0) is 17.6 Å². The van der Waals surface area contributed by atoms with E-state index in [2.05, 4.69) is 25.0 Å². The average Bonchev–Trinajstić information content (AvgIpc) is 3.41. The van der Waals surface area contributed by atoms with Gasteiger partial charge in [-0.15, -0.1) is 0 Å². The molecule has 0 atom stereocenters. The Kier molecular flexibility index (Phi) is 5.43. The van der Waals surface area contributed by atoms with Crippen LogP contribution in [0.2, 0.25) is 0 Å². The number of hydrogen-bond donors (Lipinski definition) is 1. The molecule has 0 unspecified atom stereocenters. The van der Waals surface area contributed by atoms with Crippen molar-refractivity contribution in [3.8, 4) is 27.5 Å². The number of pyridine rings is 1. The number of aromatic nitrogens is 4. The number of methoxy groups -OCH3 is 1. The first-order chi connectivity index (χ1) is 16.1. The van der Waals surface area contributed by atoms with Crippen molar-refractivity contribution in [1.82, 2.24) is 19.7 Å². The van der Waals surface area contributed by atoms with Crippen LogP contribution >= 0.6 is 11.3 Å². The molecule has 5 rings (SSSR count). The minimum Gasteiger partial charge on any atom is -0.453 e. The largest absolute Gasteiger partial charge is 0.453 e. The number of halogens is 1. The third-order valence-corrected chi connectivity index (χ3v) is 6.33. The van der Waals surface area contributed by atoms with Crippen molar-refractivity contribution in [3.05, 3.63) is 65.4 Å². The molecule has 0 spiro atoms. The fraction of sp³-hybridized carbons (Fsp3) is 0.174. The molecular formula is C23H19FN6O2S. The minimum atomic E-state index is -0.593. The maximum atomic E-state index is 15.2. The van der Waals surface area contributed by atoms with Gasteiger partial charge in [-0.25, -0.2) is 18.9 Å². The van der Waals surface area contributed by atoms with Gasteiger partial charge in [0.15, 0.2) is 5.13 Å². The highest BCUT2D eigenvalue weighted by Crippen LogP contribution is 2.44. The van der Waals surface area contributed by atoms with Crippen molar-refractivity contribution in [2.24, 2.45) is 4.99 Å². The van der Waals surface area contributed by atoms with Gasteiger partial charge in [-0.05, 0) is 42.7 Å². The van der Waals surface area contributed by atoms with Gasteiger partial charge >= 0.3 is 6.09 Å². The van der Waals surface area contributed by atoms with Gasteiger partial charge in [0.2, 0.25) is 0 Å². The molecule has 4 aromatic rings. The summed E-state index contributed by atoms with van der Waals surface area (Å²) in [5.74, 6) is -0.417. The molecule has 0 bridgehead atoms. The molecule has 8 nitrogen and oxygen atoms in total. The number of nitrogens with zero attached hydrogens (tertiary/aromatic N) is 5. The molecule has 3 aromatic heterocycles. The number of aliphatic imine (C=N–C) groups is 1. The number of nitrogens with one attached hydrogen (secondary N) is 1. The second kappa shape index (κ2) is 8.55. The van der Waals surface area contributed by atoms with Crippen molar-refractivity contribution in [2.75, 3.05) is 19.5 Å². The van der Waals surface area contributed by atoms with E-state index in [-0.39, 0.29) is 0 Å². The van der Waals surface area contributed by atoms with Gasteiger partial charge in [-0.2, -0.15) is 5.10 Å². The Bertz CT molecular complexity index is 1380. The number of thiazole rings is 1. The summed E-state index contributed by atoms with van der Waals surface area (Å²) in [6.07, 6.45) is 5.80. The molecule has 1 aliphatic rings. The summed E-state index contributed by atoms with van der Waals surface area (Å²) in [6, 6.07) is 8.70. The van der Waals surface area contributed by atoms with Crippen LogP contribution in [0.1, 0.15) is 16.8 Å². The summed E-state index contributed by atoms with van der Waals surface area (Å²) in [5, 5.41) is 7.87. The molecule has 1 amide bonds. The number of aryl methyl sites for hydroxylation is 1.